The highest BCUT2D eigenvalue weighted by atomic mass is 19.3. The summed E-state index contributed by atoms with van der Waals surface area (Å²) in [5.74, 6) is -4.03. The summed E-state index contributed by atoms with van der Waals surface area (Å²) in [6.07, 6.45) is 2.28. The van der Waals surface area contributed by atoms with Gasteiger partial charge in [-0.25, -0.2) is 8.78 Å². The molecule has 3 unspecified atom stereocenters. The topological polar surface area (TPSA) is 17.1 Å². The van der Waals surface area contributed by atoms with Gasteiger partial charge in [0.2, 0.25) is 0 Å². The first-order valence-electron chi connectivity index (χ1n) is 3.99. The molecule has 0 N–H and O–H groups in total. The average molecular weight is 160 g/mol. The molecule has 0 radical (unpaired) electrons. The summed E-state index contributed by atoms with van der Waals surface area (Å²) in [4.78, 5) is 10.4. The van der Waals surface area contributed by atoms with Crippen molar-refractivity contribution in [1.29, 1.82) is 0 Å². The van der Waals surface area contributed by atoms with Crippen LogP contribution in [0, 0.1) is 17.8 Å². The maximum Gasteiger partial charge on any atom is 0.254 e. The summed E-state index contributed by atoms with van der Waals surface area (Å²) in [5.41, 5.74) is 0. The number of hydrogen-bond donors (Lipinski definition) is 0. The second-order valence-corrected chi connectivity index (χ2v) is 3.59. The number of halogens is 2. The van der Waals surface area contributed by atoms with Crippen molar-refractivity contribution in [1.82, 2.24) is 0 Å². The van der Waals surface area contributed by atoms with Crippen LogP contribution >= 0.6 is 0 Å². The molecule has 62 valence electrons. The first-order chi connectivity index (χ1) is 5.16. The largest absolute Gasteiger partial charge is 0.303 e. The van der Waals surface area contributed by atoms with Gasteiger partial charge in [0.15, 0.2) is 0 Å². The fourth-order valence-electron chi connectivity index (χ4n) is 2.49. The van der Waals surface area contributed by atoms with E-state index in [0.29, 0.717) is 25.5 Å². The Morgan fingerprint density at radius 2 is 2.09 bits per heavy atom. The number of rotatable bonds is 1. The normalized spacial score (nSPS) is 46.2. The quantitative estimate of drug-likeness (QED) is 0.535. The summed E-state index contributed by atoms with van der Waals surface area (Å²) in [6, 6.07) is 0. The van der Waals surface area contributed by atoms with E-state index in [1.807, 2.05) is 0 Å². The smallest absolute Gasteiger partial charge is 0.254 e. The van der Waals surface area contributed by atoms with E-state index >= 15 is 0 Å². The Morgan fingerprint density at radius 3 is 2.36 bits per heavy atom. The van der Waals surface area contributed by atoms with Crippen LogP contribution in [0.25, 0.3) is 0 Å². The van der Waals surface area contributed by atoms with Gasteiger partial charge in [-0.1, -0.05) is 0 Å². The van der Waals surface area contributed by atoms with Crippen molar-refractivity contribution in [3.8, 4) is 0 Å². The highest BCUT2D eigenvalue weighted by Gasteiger charge is 2.60. The third-order valence-electron chi connectivity index (χ3n) is 3.11. The summed E-state index contributed by atoms with van der Waals surface area (Å²) < 4.78 is 26.1. The number of fused-ring (bicyclic) bond motifs is 2. The SMILES string of the molecule is O=CC1CC2CCC1C2(F)F. The average Bonchev–Trinajstić information content (AvgIpc) is 2.40. The van der Waals surface area contributed by atoms with Gasteiger partial charge >= 0.3 is 0 Å². The zero-order valence-corrected chi connectivity index (χ0v) is 6.09. The number of aldehydes is 1. The highest BCUT2D eigenvalue weighted by Crippen LogP contribution is 2.57. The maximum atomic E-state index is 13.1. The van der Waals surface area contributed by atoms with Crippen molar-refractivity contribution in [3.05, 3.63) is 0 Å². The Labute approximate surface area is 63.8 Å². The molecule has 2 aliphatic rings. The molecule has 2 fully saturated rings. The predicted molar refractivity (Wildman–Crippen MR) is 35.3 cm³/mol. The van der Waals surface area contributed by atoms with Gasteiger partial charge in [0.25, 0.3) is 5.92 Å². The van der Waals surface area contributed by atoms with Crippen molar-refractivity contribution in [2.24, 2.45) is 17.8 Å². The van der Waals surface area contributed by atoms with Crippen molar-refractivity contribution < 1.29 is 13.6 Å². The monoisotopic (exact) mass is 160 g/mol. The Kier molecular flexibility index (Phi) is 1.32. The van der Waals surface area contributed by atoms with Crippen LogP contribution in [-0.2, 0) is 4.79 Å². The number of hydrogen-bond acceptors (Lipinski definition) is 1. The third-order valence-corrected chi connectivity index (χ3v) is 3.11. The van der Waals surface area contributed by atoms with Crippen LogP contribution in [0.2, 0.25) is 0 Å². The lowest BCUT2D eigenvalue weighted by atomic mass is 9.90. The van der Waals surface area contributed by atoms with Crippen molar-refractivity contribution in [2.75, 3.05) is 0 Å². The van der Waals surface area contributed by atoms with E-state index in [-0.39, 0.29) is 5.92 Å². The molecule has 0 aromatic carbocycles. The van der Waals surface area contributed by atoms with Gasteiger partial charge in [0, 0.05) is 17.8 Å². The molecule has 0 heterocycles. The number of alkyl halides is 2. The van der Waals surface area contributed by atoms with E-state index in [1.54, 1.807) is 0 Å². The van der Waals surface area contributed by atoms with Crippen molar-refractivity contribution in [2.45, 2.75) is 25.2 Å². The second kappa shape index (κ2) is 2.02. The van der Waals surface area contributed by atoms with E-state index in [1.165, 1.54) is 0 Å². The maximum absolute atomic E-state index is 13.1. The Balaban J connectivity index is 2.25. The summed E-state index contributed by atoms with van der Waals surface area (Å²) in [6.45, 7) is 0. The fourth-order valence-corrected chi connectivity index (χ4v) is 2.49. The molecular formula is C8H10F2O. The Morgan fingerprint density at radius 1 is 1.36 bits per heavy atom. The van der Waals surface area contributed by atoms with Crippen LogP contribution in [0.3, 0.4) is 0 Å². The Bertz CT molecular complexity index is 191. The molecule has 0 amide bonds. The van der Waals surface area contributed by atoms with E-state index in [0.717, 1.165) is 0 Å². The summed E-state index contributed by atoms with van der Waals surface area (Å²) in [5, 5.41) is 0. The second-order valence-electron chi connectivity index (χ2n) is 3.59. The highest BCUT2D eigenvalue weighted by molar-refractivity contribution is 5.55. The minimum atomic E-state index is -2.54. The van der Waals surface area contributed by atoms with Gasteiger partial charge in [-0.2, -0.15) is 0 Å². The molecule has 2 bridgehead atoms. The molecule has 2 rings (SSSR count). The van der Waals surface area contributed by atoms with Gasteiger partial charge in [-0.15, -0.1) is 0 Å². The predicted octanol–water partition coefficient (Wildman–Crippen LogP) is 1.87. The number of carbonyl (C=O) groups is 1. The molecular weight excluding hydrogens is 150 g/mol. The lowest BCUT2D eigenvalue weighted by molar-refractivity contribution is -0.114. The molecule has 0 aromatic rings. The first kappa shape index (κ1) is 7.19. The first-order valence-corrected chi connectivity index (χ1v) is 3.99. The lowest BCUT2D eigenvalue weighted by Gasteiger charge is -2.15. The molecule has 0 aromatic heterocycles. The van der Waals surface area contributed by atoms with Gasteiger partial charge < -0.3 is 4.79 Å². The molecule has 0 saturated heterocycles. The minimum absolute atomic E-state index is 0.358. The molecule has 11 heavy (non-hydrogen) atoms. The molecule has 2 aliphatic carbocycles. The van der Waals surface area contributed by atoms with Gasteiger partial charge in [0.1, 0.15) is 6.29 Å². The molecule has 2 saturated carbocycles. The fraction of sp³-hybridized carbons (Fsp3) is 0.875. The van der Waals surface area contributed by atoms with Crippen LogP contribution in [0.4, 0.5) is 8.78 Å². The zero-order chi connectivity index (χ0) is 8.06. The van der Waals surface area contributed by atoms with Crippen LogP contribution in [-0.4, -0.2) is 12.2 Å². The summed E-state index contributed by atoms with van der Waals surface area (Å²) in [7, 11) is 0. The van der Waals surface area contributed by atoms with E-state index in [4.69, 9.17) is 0 Å². The Hall–Kier alpha value is -0.470. The summed E-state index contributed by atoms with van der Waals surface area (Å²) >= 11 is 0. The molecule has 3 atom stereocenters. The van der Waals surface area contributed by atoms with Crippen molar-refractivity contribution in [3.63, 3.8) is 0 Å². The van der Waals surface area contributed by atoms with Crippen LogP contribution in [0.1, 0.15) is 19.3 Å². The molecule has 3 heteroatoms. The molecule has 0 aliphatic heterocycles. The van der Waals surface area contributed by atoms with E-state index < -0.39 is 17.8 Å². The zero-order valence-electron chi connectivity index (χ0n) is 6.09. The van der Waals surface area contributed by atoms with E-state index in [2.05, 4.69) is 0 Å². The number of carbonyl (C=O) groups excluding carboxylic acids is 1. The van der Waals surface area contributed by atoms with Crippen LogP contribution in [0.15, 0.2) is 0 Å². The standard InChI is InChI=1S/C8H10F2O/c9-8(10)6-1-2-7(8)5(3-6)4-11/h4-7H,1-3H2. The van der Waals surface area contributed by atoms with Gasteiger partial charge in [0.05, 0.1) is 0 Å². The molecule has 0 spiro atoms. The van der Waals surface area contributed by atoms with Crippen LogP contribution in [0.5, 0.6) is 0 Å². The van der Waals surface area contributed by atoms with Gasteiger partial charge in [-0.3, -0.25) is 0 Å². The van der Waals surface area contributed by atoms with E-state index in [9.17, 15) is 13.6 Å². The molecule has 1 nitrogen and oxygen atoms in total. The lowest BCUT2D eigenvalue weighted by Crippen LogP contribution is -2.24. The van der Waals surface area contributed by atoms with Crippen molar-refractivity contribution >= 4 is 6.29 Å². The van der Waals surface area contributed by atoms with Gasteiger partial charge in [-0.05, 0) is 19.3 Å². The minimum Gasteiger partial charge on any atom is -0.303 e. The third kappa shape index (κ3) is 0.768. The van der Waals surface area contributed by atoms with Crippen LogP contribution < -0.4 is 0 Å².